The fourth-order valence-electron chi connectivity index (χ4n) is 1.53. The number of benzene rings is 1. The van der Waals surface area contributed by atoms with Crippen molar-refractivity contribution in [3.8, 4) is 0 Å². The summed E-state index contributed by atoms with van der Waals surface area (Å²) in [5, 5.41) is -0.192. The summed E-state index contributed by atoms with van der Waals surface area (Å²) in [6.07, 6.45) is -3.56. The van der Waals surface area contributed by atoms with Gasteiger partial charge in [-0.15, -0.1) is 0 Å². The molecular weight excluding hydrogens is 364 g/mol. The SMILES string of the molecule is O=S(=O)(Nc1ccc(Cl)nc1)c1cc(C(F)(F)F)ccc1Cl. The maximum atomic E-state index is 12.7. The number of anilines is 1. The predicted octanol–water partition coefficient (Wildman–Crippen LogP) is 4.21. The van der Waals surface area contributed by atoms with Crippen LogP contribution in [0.2, 0.25) is 10.2 Å². The Morgan fingerprint density at radius 2 is 1.77 bits per heavy atom. The van der Waals surface area contributed by atoms with Gasteiger partial charge in [0.25, 0.3) is 10.0 Å². The summed E-state index contributed by atoms with van der Waals surface area (Å²) in [7, 11) is -4.30. The molecule has 0 saturated heterocycles. The summed E-state index contributed by atoms with van der Waals surface area (Å²) < 4.78 is 64.4. The fourth-order valence-corrected chi connectivity index (χ4v) is 3.21. The Morgan fingerprint density at radius 3 is 2.32 bits per heavy atom. The summed E-state index contributed by atoms with van der Waals surface area (Å²) >= 11 is 11.3. The number of nitrogens with zero attached hydrogens (tertiary/aromatic N) is 1. The van der Waals surface area contributed by atoms with Gasteiger partial charge in [-0.1, -0.05) is 23.2 Å². The van der Waals surface area contributed by atoms with Crippen molar-refractivity contribution in [3.63, 3.8) is 0 Å². The van der Waals surface area contributed by atoms with E-state index in [0.717, 1.165) is 12.3 Å². The molecule has 0 bridgehead atoms. The molecule has 0 unspecified atom stereocenters. The van der Waals surface area contributed by atoms with Gasteiger partial charge in [-0.25, -0.2) is 13.4 Å². The summed E-state index contributed by atoms with van der Waals surface area (Å²) in [6.45, 7) is 0. The van der Waals surface area contributed by atoms with Crippen LogP contribution in [0.15, 0.2) is 41.4 Å². The van der Waals surface area contributed by atoms with E-state index in [9.17, 15) is 21.6 Å². The van der Waals surface area contributed by atoms with Crippen molar-refractivity contribution in [2.24, 2.45) is 0 Å². The molecule has 0 fully saturated rings. The van der Waals surface area contributed by atoms with Gasteiger partial charge in [-0.3, -0.25) is 4.72 Å². The van der Waals surface area contributed by atoms with E-state index >= 15 is 0 Å². The van der Waals surface area contributed by atoms with Crippen LogP contribution >= 0.6 is 23.2 Å². The van der Waals surface area contributed by atoms with Crippen LogP contribution in [0.1, 0.15) is 5.56 Å². The number of halogens is 5. The molecular formula is C12H7Cl2F3N2O2S. The van der Waals surface area contributed by atoms with E-state index in [1.807, 2.05) is 0 Å². The van der Waals surface area contributed by atoms with E-state index in [4.69, 9.17) is 23.2 Å². The van der Waals surface area contributed by atoms with Gasteiger partial charge in [-0.05, 0) is 30.3 Å². The first-order valence-corrected chi connectivity index (χ1v) is 7.84. The molecule has 0 aliphatic rings. The van der Waals surface area contributed by atoms with Gasteiger partial charge in [-0.2, -0.15) is 13.2 Å². The van der Waals surface area contributed by atoms with Gasteiger partial charge in [0.05, 0.1) is 22.5 Å². The molecule has 0 radical (unpaired) electrons. The third-order valence-electron chi connectivity index (χ3n) is 2.53. The minimum atomic E-state index is -4.68. The lowest BCUT2D eigenvalue weighted by Crippen LogP contribution is -2.15. The average molecular weight is 371 g/mol. The third-order valence-corrected chi connectivity index (χ3v) is 4.61. The van der Waals surface area contributed by atoms with E-state index in [1.54, 1.807) is 0 Å². The van der Waals surface area contributed by atoms with Crippen molar-refractivity contribution in [2.75, 3.05) is 4.72 Å². The Kier molecular flexibility index (Phi) is 4.55. The highest BCUT2D eigenvalue weighted by atomic mass is 35.5. The Labute approximate surface area is 133 Å². The van der Waals surface area contributed by atoms with Crippen molar-refractivity contribution in [2.45, 2.75) is 11.1 Å². The van der Waals surface area contributed by atoms with E-state index < -0.39 is 26.7 Å². The van der Waals surface area contributed by atoms with Crippen LogP contribution in [0.25, 0.3) is 0 Å². The standard InChI is InChI=1S/C12H7Cl2F3N2O2S/c13-9-3-1-7(12(15,16)17)5-10(9)22(20,21)19-8-2-4-11(14)18-6-8/h1-6,19H. The Morgan fingerprint density at radius 1 is 1.09 bits per heavy atom. The van der Waals surface area contributed by atoms with Crippen LogP contribution in [0, 0.1) is 0 Å². The van der Waals surface area contributed by atoms with Crippen molar-refractivity contribution in [3.05, 3.63) is 52.3 Å². The van der Waals surface area contributed by atoms with Crippen molar-refractivity contribution in [1.82, 2.24) is 4.98 Å². The van der Waals surface area contributed by atoms with Gasteiger partial charge < -0.3 is 0 Å². The quantitative estimate of drug-likeness (QED) is 0.823. The maximum absolute atomic E-state index is 12.7. The molecule has 0 aliphatic carbocycles. The number of pyridine rings is 1. The van der Waals surface area contributed by atoms with E-state index in [2.05, 4.69) is 9.71 Å². The van der Waals surface area contributed by atoms with Gasteiger partial charge in [0.15, 0.2) is 0 Å². The smallest absolute Gasteiger partial charge is 0.278 e. The molecule has 1 aromatic heterocycles. The molecule has 1 aromatic carbocycles. The maximum Gasteiger partial charge on any atom is 0.416 e. The van der Waals surface area contributed by atoms with Gasteiger partial charge >= 0.3 is 6.18 Å². The molecule has 4 nitrogen and oxygen atoms in total. The van der Waals surface area contributed by atoms with Crippen molar-refractivity contribution >= 4 is 38.9 Å². The topological polar surface area (TPSA) is 59.1 Å². The zero-order valence-corrected chi connectivity index (χ0v) is 12.9. The van der Waals surface area contributed by atoms with Crippen LogP contribution in [-0.2, 0) is 16.2 Å². The minimum Gasteiger partial charge on any atom is -0.278 e. The second-order valence-corrected chi connectivity index (χ2v) is 6.56. The first-order chi connectivity index (χ1) is 10.1. The lowest BCUT2D eigenvalue weighted by molar-refractivity contribution is -0.137. The Bertz CT molecular complexity index is 793. The number of sulfonamides is 1. The van der Waals surface area contributed by atoms with Gasteiger partial charge in [0, 0.05) is 0 Å². The average Bonchev–Trinajstić information content (AvgIpc) is 2.40. The predicted molar refractivity (Wildman–Crippen MR) is 76.5 cm³/mol. The van der Waals surface area contributed by atoms with Crippen LogP contribution < -0.4 is 4.72 Å². The Balaban J connectivity index is 2.43. The highest BCUT2D eigenvalue weighted by Gasteiger charge is 2.32. The number of aromatic nitrogens is 1. The van der Waals surface area contributed by atoms with Crippen molar-refractivity contribution in [1.29, 1.82) is 0 Å². The number of alkyl halides is 3. The molecule has 0 aliphatic heterocycles. The van der Waals surface area contributed by atoms with Crippen LogP contribution in [-0.4, -0.2) is 13.4 Å². The number of hydrogen-bond donors (Lipinski definition) is 1. The fraction of sp³-hybridized carbons (Fsp3) is 0.0833. The highest BCUT2D eigenvalue weighted by Crippen LogP contribution is 2.33. The molecule has 0 spiro atoms. The van der Waals surface area contributed by atoms with Crippen LogP contribution in [0.4, 0.5) is 18.9 Å². The third kappa shape index (κ3) is 3.82. The van der Waals surface area contributed by atoms with Crippen molar-refractivity contribution < 1.29 is 21.6 Å². The molecule has 1 N–H and O–H groups in total. The lowest BCUT2D eigenvalue weighted by Gasteiger charge is -2.12. The molecule has 118 valence electrons. The van der Waals surface area contributed by atoms with Gasteiger partial charge in [0.1, 0.15) is 10.0 Å². The summed E-state index contributed by atoms with van der Waals surface area (Å²) in [5.74, 6) is 0. The Hall–Kier alpha value is -1.51. The highest BCUT2D eigenvalue weighted by molar-refractivity contribution is 7.92. The van der Waals surface area contributed by atoms with E-state index in [-0.39, 0.29) is 15.9 Å². The van der Waals surface area contributed by atoms with Crippen LogP contribution in [0.5, 0.6) is 0 Å². The second kappa shape index (κ2) is 5.94. The summed E-state index contributed by atoms with van der Waals surface area (Å²) in [6, 6.07) is 4.68. The summed E-state index contributed by atoms with van der Waals surface area (Å²) in [5.41, 5.74) is -1.08. The molecule has 2 rings (SSSR count). The molecule has 0 saturated carbocycles. The first-order valence-electron chi connectivity index (χ1n) is 5.61. The lowest BCUT2D eigenvalue weighted by atomic mass is 10.2. The number of hydrogen-bond acceptors (Lipinski definition) is 3. The zero-order valence-electron chi connectivity index (χ0n) is 10.5. The van der Waals surface area contributed by atoms with E-state index in [1.165, 1.54) is 12.1 Å². The van der Waals surface area contributed by atoms with Crippen LogP contribution in [0.3, 0.4) is 0 Å². The molecule has 2 aromatic rings. The van der Waals surface area contributed by atoms with E-state index in [0.29, 0.717) is 12.1 Å². The first kappa shape index (κ1) is 16.9. The molecule has 1 heterocycles. The summed E-state index contributed by atoms with van der Waals surface area (Å²) in [4.78, 5) is 2.98. The number of rotatable bonds is 3. The number of nitrogens with one attached hydrogen (secondary N) is 1. The largest absolute Gasteiger partial charge is 0.416 e. The minimum absolute atomic E-state index is 0.0397. The zero-order chi connectivity index (χ0) is 16.5. The second-order valence-electron chi connectivity index (χ2n) is 4.12. The monoisotopic (exact) mass is 370 g/mol. The van der Waals surface area contributed by atoms with Gasteiger partial charge in [0.2, 0.25) is 0 Å². The molecule has 22 heavy (non-hydrogen) atoms. The molecule has 0 atom stereocenters. The molecule has 0 amide bonds. The normalized spacial score (nSPS) is 12.2. The molecule has 10 heteroatoms.